The summed E-state index contributed by atoms with van der Waals surface area (Å²) in [4.78, 5) is 11.3. The molecule has 1 saturated heterocycles. The van der Waals surface area contributed by atoms with Crippen LogP contribution in [0.3, 0.4) is 0 Å². The maximum absolute atomic E-state index is 4.46. The number of hydrogen-bond donors (Lipinski definition) is 2. The molecule has 0 radical (unpaired) electrons. The van der Waals surface area contributed by atoms with Gasteiger partial charge in [0.25, 0.3) is 0 Å². The average molecular weight is 556 g/mol. The molecular weight excluding hydrogens is 529 g/mol. The molecule has 1 aromatic heterocycles. The van der Waals surface area contributed by atoms with E-state index in [2.05, 4.69) is 77.8 Å². The smallest absolute Gasteiger partial charge is 0.191 e. The highest BCUT2D eigenvalue weighted by atomic mass is 127. The van der Waals surface area contributed by atoms with E-state index in [4.69, 9.17) is 0 Å². The minimum Gasteiger partial charge on any atom is -0.356 e. The molecule has 1 aliphatic heterocycles. The van der Waals surface area contributed by atoms with Gasteiger partial charge in [0, 0.05) is 48.8 Å². The Morgan fingerprint density at radius 1 is 1.11 bits per heavy atom. The van der Waals surface area contributed by atoms with Gasteiger partial charge in [-0.15, -0.1) is 24.0 Å². The van der Waals surface area contributed by atoms with E-state index in [1.54, 1.807) is 0 Å². The Morgan fingerprint density at radius 2 is 1.86 bits per heavy atom. The third-order valence-corrected chi connectivity index (χ3v) is 5.97. The predicted octanol–water partition coefficient (Wildman–Crippen LogP) is 4.15. The lowest BCUT2D eigenvalue weighted by Gasteiger charge is -2.33. The summed E-state index contributed by atoms with van der Waals surface area (Å²) in [5.41, 5.74) is 1.40. The highest BCUT2D eigenvalue weighted by Crippen LogP contribution is 2.41. The van der Waals surface area contributed by atoms with Crippen LogP contribution in [0.4, 0.5) is 5.82 Å². The number of benzene rings is 1. The SMILES string of the molecule is CN=C(NC1CCN(c2ccccn2)CC1)NC1CC1c1ccc(Br)cc1.I. The van der Waals surface area contributed by atoms with Crippen molar-refractivity contribution in [3.8, 4) is 0 Å². The standard InChI is InChI=1S/C21H26BrN5.HI/c1-23-21(26-19-14-18(19)15-5-7-16(22)8-6-15)25-17-9-12-27(13-10-17)20-4-2-3-11-24-20;/h2-8,11,17-19H,9-10,12-14H2,1H3,(H2,23,25,26);1H. The first kappa shape index (κ1) is 21.4. The van der Waals surface area contributed by atoms with E-state index in [0.29, 0.717) is 18.0 Å². The number of anilines is 1. The third-order valence-electron chi connectivity index (χ3n) is 5.44. The highest BCUT2D eigenvalue weighted by molar-refractivity contribution is 14.0. The summed E-state index contributed by atoms with van der Waals surface area (Å²) in [7, 11) is 1.86. The largest absolute Gasteiger partial charge is 0.356 e. The topological polar surface area (TPSA) is 52.6 Å². The Labute approximate surface area is 192 Å². The first-order valence-electron chi connectivity index (χ1n) is 9.64. The Balaban J connectivity index is 0.00000225. The van der Waals surface area contributed by atoms with Crippen molar-refractivity contribution in [3.05, 3.63) is 58.7 Å². The van der Waals surface area contributed by atoms with Crippen molar-refractivity contribution < 1.29 is 0 Å². The quantitative estimate of drug-likeness (QED) is 0.338. The molecule has 2 heterocycles. The van der Waals surface area contributed by atoms with Crippen molar-refractivity contribution in [2.24, 2.45) is 4.99 Å². The average Bonchev–Trinajstić information content (AvgIpc) is 3.48. The molecule has 7 heteroatoms. The van der Waals surface area contributed by atoms with Crippen molar-refractivity contribution >= 4 is 51.7 Å². The van der Waals surface area contributed by atoms with Gasteiger partial charge in [-0.2, -0.15) is 0 Å². The lowest BCUT2D eigenvalue weighted by molar-refractivity contribution is 0.459. The predicted molar refractivity (Wildman–Crippen MR) is 130 cm³/mol. The summed E-state index contributed by atoms with van der Waals surface area (Å²) in [5.74, 6) is 2.59. The lowest BCUT2D eigenvalue weighted by Crippen LogP contribution is -2.49. The van der Waals surface area contributed by atoms with Crippen LogP contribution in [0.25, 0.3) is 0 Å². The second-order valence-electron chi connectivity index (χ2n) is 7.31. The molecule has 2 N–H and O–H groups in total. The molecule has 4 rings (SSSR count). The molecule has 2 aromatic rings. The Morgan fingerprint density at radius 3 is 2.50 bits per heavy atom. The molecule has 5 nitrogen and oxygen atoms in total. The second kappa shape index (κ2) is 9.91. The number of rotatable bonds is 4. The van der Waals surface area contributed by atoms with Gasteiger partial charge in [0.1, 0.15) is 5.82 Å². The number of nitrogens with one attached hydrogen (secondary N) is 2. The van der Waals surface area contributed by atoms with Crippen molar-refractivity contribution in [2.45, 2.75) is 37.3 Å². The molecular formula is C21H27BrIN5. The normalized spacial score (nSPS) is 22.4. The van der Waals surface area contributed by atoms with Crippen molar-refractivity contribution in [3.63, 3.8) is 0 Å². The first-order valence-corrected chi connectivity index (χ1v) is 10.4. The number of hydrogen-bond acceptors (Lipinski definition) is 3. The minimum atomic E-state index is 0. The molecule has 0 spiro atoms. The number of guanidine groups is 1. The van der Waals surface area contributed by atoms with E-state index in [0.717, 1.165) is 42.2 Å². The Kier molecular flexibility index (Phi) is 7.56. The van der Waals surface area contributed by atoms with Crippen LogP contribution in [0.15, 0.2) is 58.1 Å². The first-order chi connectivity index (χ1) is 13.2. The van der Waals surface area contributed by atoms with Crippen LogP contribution >= 0.6 is 39.9 Å². The van der Waals surface area contributed by atoms with Gasteiger partial charge in [0.15, 0.2) is 5.96 Å². The summed E-state index contributed by atoms with van der Waals surface area (Å²) in [6, 6.07) is 15.7. The fourth-order valence-corrected chi connectivity index (χ4v) is 4.03. The highest BCUT2D eigenvalue weighted by Gasteiger charge is 2.39. The van der Waals surface area contributed by atoms with E-state index in [9.17, 15) is 0 Å². The van der Waals surface area contributed by atoms with Crippen molar-refractivity contribution in [1.82, 2.24) is 15.6 Å². The van der Waals surface area contributed by atoms with Crippen LogP contribution < -0.4 is 15.5 Å². The summed E-state index contributed by atoms with van der Waals surface area (Å²) < 4.78 is 1.13. The monoisotopic (exact) mass is 555 g/mol. The zero-order chi connectivity index (χ0) is 18.6. The Bertz CT molecular complexity index is 775. The molecule has 1 saturated carbocycles. The van der Waals surface area contributed by atoms with Gasteiger partial charge < -0.3 is 15.5 Å². The summed E-state index contributed by atoms with van der Waals surface area (Å²) >= 11 is 3.50. The Hall–Kier alpha value is -1.35. The second-order valence-corrected chi connectivity index (χ2v) is 8.23. The van der Waals surface area contributed by atoms with E-state index < -0.39 is 0 Å². The summed E-state index contributed by atoms with van der Waals surface area (Å²) in [5, 5.41) is 7.21. The zero-order valence-corrected chi connectivity index (χ0v) is 19.9. The van der Waals surface area contributed by atoms with E-state index in [1.165, 1.54) is 12.0 Å². The summed E-state index contributed by atoms with van der Waals surface area (Å²) in [6.45, 7) is 2.05. The number of aliphatic imine (C=N–C) groups is 1. The fourth-order valence-electron chi connectivity index (χ4n) is 3.77. The van der Waals surface area contributed by atoms with Crippen molar-refractivity contribution in [2.75, 3.05) is 25.0 Å². The van der Waals surface area contributed by atoms with Crippen molar-refractivity contribution in [1.29, 1.82) is 0 Å². The molecule has 150 valence electrons. The van der Waals surface area contributed by atoms with E-state index in [-0.39, 0.29) is 24.0 Å². The van der Waals surface area contributed by atoms with Gasteiger partial charge >= 0.3 is 0 Å². The van der Waals surface area contributed by atoms with Gasteiger partial charge in [-0.25, -0.2) is 4.98 Å². The molecule has 0 amide bonds. The molecule has 28 heavy (non-hydrogen) atoms. The zero-order valence-electron chi connectivity index (χ0n) is 16.0. The maximum Gasteiger partial charge on any atom is 0.191 e. The van der Waals surface area contributed by atoms with Gasteiger partial charge in [0.2, 0.25) is 0 Å². The number of piperidine rings is 1. The van der Waals surface area contributed by atoms with Crippen LogP contribution in [-0.2, 0) is 0 Å². The van der Waals surface area contributed by atoms with E-state index in [1.807, 2.05) is 19.3 Å². The molecule has 2 atom stereocenters. The minimum absolute atomic E-state index is 0. The summed E-state index contributed by atoms with van der Waals surface area (Å²) in [6.07, 6.45) is 5.22. The van der Waals surface area contributed by atoms with Gasteiger partial charge in [0.05, 0.1) is 0 Å². The van der Waals surface area contributed by atoms with Crippen LogP contribution in [0.5, 0.6) is 0 Å². The van der Waals surface area contributed by atoms with Gasteiger partial charge in [-0.3, -0.25) is 4.99 Å². The molecule has 2 unspecified atom stereocenters. The number of aromatic nitrogens is 1. The molecule has 1 aromatic carbocycles. The number of nitrogens with zero attached hydrogens (tertiary/aromatic N) is 3. The number of halogens is 2. The third kappa shape index (κ3) is 5.37. The van der Waals surface area contributed by atoms with Crippen LogP contribution in [0, 0.1) is 0 Å². The lowest BCUT2D eigenvalue weighted by atomic mass is 10.1. The van der Waals surface area contributed by atoms with Crippen LogP contribution in [0.1, 0.15) is 30.7 Å². The maximum atomic E-state index is 4.46. The number of pyridine rings is 1. The van der Waals surface area contributed by atoms with Crippen LogP contribution in [0.2, 0.25) is 0 Å². The van der Waals surface area contributed by atoms with Gasteiger partial charge in [-0.05, 0) is 49.1 Å². The fraction of sp³-hybridized carbons (Fsp3) is 0.429. The van der Waals surface area contributed by atoms with Gasteiger partial charge in [-0.1, -0.05) is 34.1 Å². The molecule has 0 bridgehead atoms. The molecule has 1 aliphatic carbocycles. The molecule has 2 fully saturated rings. The van der Waals surface area contributed by atoms with Crippen LogP contribution in [-0.4, -0.2) is 43.2 Å². The molecule has 2 aliphatic rings. The van der Waals surface area contributed by atoms with E-state index >= 15 is 0 Å².